The highest BCUT2D eigenvalue weighted by atomic mass is 16.5. The fraction of sp³-hybridized carbons (Fsp3) is 0.579. The number of nitrogens with one attached hydrogen (secondary N) is 3. The van der Waals surface area contributed by atoms with Gasteiger partial charge >= 0.3 is 0 Å². The Morgan fingerprint density at radius 3 is 2.68 bits per heavy atom. The van der Waals surface area contributed by atoms with Crippen molar-refractivity contribution >= 4 is 11.9 Å². The fourth-order valence-corrected chi connectivity index (χ4v) is 2.27. The van der Waals surface area contributed by atoms with Crippen LogP contribution in [-0.2, 0) is 4.79 Å². The van der Waals surface area contributed by atoms with Crippen molar-refractivity contribution in [3.05, 3.63) is 29.8 Å². The highest BCUT2D eigenvalue weighted by Gasteiger charge is 2.22. The molecule has 6 nitrogen and oxygen atoms in total. The average molecular weight is 346 g/mol. The first-order valence-electron chi connectivity index (χ1n) is 9.18. The maximum Gasteiger partial charge on any atom is 0.220 e. The van der Waals surface area contributed by atoms with Crippen molar-refractivity contribution in [3.63, 3.8) is 0 Å². The minimum absolute atomic E-state index is 0.141. The Balaban J connectivity index is 1.60. The number of hydrogen-bond acceptors (Lipinski definition) is 3. The molecule has 1 aromatic rings. The molecule has 1 aliphatic rings. The van der Waals surface area contributed by atoms with Gasteiger partial charge in [0, 0.05) is 25.6 Å². The van der Waals surface area contributed by atoms with Crippen LogP contribution < -0.4 is 20.7 Å². The van der Waals surface area contributed by atoms with Gasteiger partial charge in [0.05, 0.1) is 6.54 Å². The number of rotatable bonds is 10. The summed E-state index contributed by atoms with van der Waals surface area (Å²) >= 11 is 0. The normalized spacial score (nSPS) is 14.1. The monoisotopic (exact) mass is 346 g/mol. The topological polar surface area (TPSA) is 74.8 Å². The van der Waals surface area contributed by atoms with Crippen LogP contribution in [0.15, 0.2) is 29.3 Å². The molecule has 1 saturated carbocycles. The zero-order valence-electron chi connectivity index (χ0n) is 15.3. The van der Waals surface area contributed by atoms with Crippen molar-refractivity contribution in [2.45, 2.75) is 45.6 Å². The van der Waals surface area contributed by atoms with E-state index in [0.29, 0.717) is 32.2 Å². The Kier molecular flexibility index (Phi) is 8.09. The van der Waals surface area contributed by atoms with Crippen LogP contribution in [0.5, 0.6) is 5.75 Å². The van der Waals surface area contributed by atoms with Crippen molar-refractivity contribution in [1.29, 1.82) is 0 Å². The van der Waals surface area contributed by atoms with Gasteiger partial charge in [-0.2, -0.15) is 0 Å². The number of nitrogens with zero attached hydrogens (tertiary/aromatic N) is 1. The number of carbonyl (C=O) groups is 1. The highest BCUT2D eigenvalue weighted by Crippen LogP contribution is 2.18. The molecule has 1 aliphatic carbocycles. The van der Waals surface area contributed by atoms with E-state index in [9.17, 15) is 4.79 Å². The Hall–Kier alpha value is -2.24. The van der Waals surface area contributed by atoms with Gasteiger partial charge in [0.1, 0.15) is 12.4 Å². The van der Waals surface area contributed by atoms with Gasteiger partial charge in [-0.1, -0.05) is 17.7 Å². The minimum Gasteiger partial charge on any atom is -0.492 e. The maximum absolute atomic E-state index is 11.6. The molecule has 138 valence electrons. The first kappa shape index (κ1) is 19.1. The Morgan fingerprint density at radius 1 is 1.24 bits per heavy atom. The lowest BCUT2D eigenvalue weighted by molar-refractivity contribution is -0.121. The summed E-state index contributed by atoms with van der Waals surface area (Å²) in [7, 11) is 0. The van der Waals surface area contributed by atoms with E-state index in [0.717, 1.165) is 37.5 Å². The predicted octanol–water partition coefficient (Wildman–Crippen LogP) is 1.99. The lowest BCUT2D eigenvalue weighted by atomic mass is 10.2. The van der Waals surface area contributed by atoms with E-state index in [1.165, 1.54) is 5.56 Å². The van der Waals surface area contributed by atoms with Gasteiger partial charge in [-0.25, -0.2) is 0 Å². The first-order valence-corrected chi connectivity index (χ1v) is 9.18. The summed E-state index contributed by atoms with van der Waals surface area (Å²) in [4.78, 5) is 16.1. The number of aryl methyl sites for hydroxylation is 1. The van der Waals surface area contributed by atoms with Crippen LogP contribution in [0, 0.1) is 6.92 Å². The van der Waals surface area contributed by atoms with E-state index in [1.54, 1.807) is 0 Å². The molecule has 1 aromatic carbocycles. The van der Waals surface area contributed by atoms with Crippen LogP contribution in [0.3, 0.4) is 0 Å². The van der Waals surface area contributed by atoms with Crippen molar-refractivity contribution in [2.75, 3.05) is 26.2 Å². The third-order valence-corrected chi connectivity index (χ3v) is 3.80. The summed E-state index contributed by atoms with van der Waals surface area (Å²) in [6, 6.07) is 8.45. The third kappa shape index (κ3) is 8.42. The quantitative estimate of drug-likeness (QED) is 0.344. The third-order valence-electron chi connectivity index (χ3n) is 3.80. The van der Waals surface area contributed by atoms with E-state index < -0.39 is 0 Å². The van der Waals surface area contributed by atoms with E-state index in [-0.39, 0.29) is 5.91 Å². The molecule has 0 radical (unpaired) electrons. The Bertz CT molecular complexity index is 553. The lowest BCUT2D eigenvalue weighted by Gasteiger charge is -2.12. The molecule has 1 fully saturated rings. The van der Waals surface area contributed by atoms with E-state index in [1.807, 2.05) is 31.2 Å². The summed E-state index contributed by atoms with van der Waals surface area (Å²) in [6.07, 6.45) is 3.55. The standard InChI is InChI=1S/C19H30N4O2/c1-3-20-19(21-12-4-5-18(24)23-16-8-9-16)22-13-14-25-17-10-6-15(2)7-11-17/h6-7,10-11,16H,3-5,8-9,12-14H2,1-2H3,(H,23,24)(H2,20,21,22). The Morgan fingerprint density at radius 2 is 2.00 bits per heavy atom. The molecule has 0 spiro atoms. The largest absolute Gasteiger partial charge is 0.492 e. The van der Waals surface area contributed by atoms with Gasteiger partial charge in [-0.3, -0.25) is 9.79 Å². The number of amides is 1. The first-order chi connectivity index (χ1) is 12.2. The number of aliphatic imine (C=N–C) groups is 1. The molecule has 0 bridgehead atoms. The van der Waals surface area contributed by atoms with Crippen LogP contribution in [0.4, 0.5) is 0 Å². The molecular formula is C19H30N4O2. The summed E-state index contributed by atoms with van der Waals surface area (Å²) in [5.74, 6) is 1.77. The van der Waals surface area contributed by atoms with Crippen LogP contribution in [0.2, 0.25) is 0 Å². The molecule has 0 aromatic heterocycles. The SMILES string of the molecule is CCNC(=NCCCC(=O)NC1CC1)NCCOc1ccc(C)cc1. The average Bonchev–Trinajstić information content (AvgIpc) is 3.41. The molecule has 0 saturated heterocycles. The zero-order chi connectivity index (χ0) is 17.9. The summed E-state index contributed by atoms with van der Waals surface area (Å²) in [5, 5.41) is 9.44. The van der Waals surface area contributed by atoms with Crippen molar-refractivity contribution in [1.82, 2.24) is 16.0 Å². The molecular weight excluding hydrogens is 316 g/mol. The fourth-order valence-electron chi connectivity index (χ4n) is 2.27. The van der Waals surface area contributed by atoms with Gasteiger partial charge in [0.15, 0.2) is 5.96 Å². The predicted molar refractivity (Wildman–Crippen MR) is 101 cm³/mol. The van der Waals surface area contributed by atoms with E-state index >= 15 is 0 Å². The second-order valence-corrected chi connectivity index (χ2v) is 6.29. The molecule has 2 rings (SSSR count). The highest BCUT2D eigenvalue weighted by molar-refractivity contribution is 5.80. The van der Waals surface area contributed by atoms with Gasteiger partial charge in [0.2, 0.25) is 5.91 Å². The van der Waals surface area contributed by atoms with E-state index in [2.05, 4.69) is 27.9 Å². The van der Waals surface area contributed by atoms with Crippen molar-refractivity contribution in [3.8, 4) is 5.75 Å². The minimum atomic E-state index is 0.141. The van der Waals surface area contributed by atoms with Crippen molar-refractivity contribution in [2.24, 2.45) is 4.99 Å². The maximum atomic E-state index is 11.6. The Labute approximate surface area is 150 Å². The number of carbonyl (C=O) groups excluding carboxylic acids is 1. The molecule has 0 atom stereocenters. The number of ether oxygens (including phenoxy) is 1. The second kappa shape index (κ2) is 10.6. The lowest BCUT2D eigenvalue weighted by Crippen LogP contribution is -2.39. The summed E-state index contributed by atoms with van der Waals surface area (Å²) in [5.41, 5.74) is 1.22. The molecule has 6 heteroatoms. The number of hydrogen-bond donors (Lipinski definition) is 3. The van der Waals surface area contributed by atoms with Crippen LogP contribution in [-0.4, -0.2) is 44.1 Å². The van der Waals surface area contributed by atoms with Gasteiger partial charge < -0.3 is 20.7 Å². The van der Waals surface area contributed by atoms with Crippen molar-refractivity contribution < 1.29 is 9.53 Å². The van der Waals surface area contributed by atoms with Gasteiger partial charge in [-0.05, 0) is 45.2 Å². The molecule has 25 heavy (non-hydrogen) atoms. The smallest absolute Gasteiger partial charge is 0.220 e. The summed E-state index contributed by atoms with van der Waals surface area (Å²) in [6.45, 7) is 6.75. The van der Waals surface area contributed by atoms with Gasteiger partial charge in [-0.15, -0.1) is 0 Å². The number of benzene rings is 1. The van der Waals surface area contributed by atoms with Crippen LogP contribution in [0.1, 0.15) is 38.2 Å². The van der Waals surface area contributed by atoms with Crippen LogP contribution >= 0.6 is 0 Å². The molecule has 0 unspecified atom stereocenters. The summed E-state index contributed by atoms with van der Waals surface area (Å²) < 4.78 is 5.69. The molecule has 3 N–H and O–H groups in total. The molecule has 1 amide bonds. The molecule has 0 aliphatic heterocycles. The van der Waals surface area contributed by atoms with E-state index in [4.69, 9.17) is 4.74 Å². The number of guanidine groups is 1. The van der Waals surface area contributed by atoms with Crippen LogP contribution in [0.25, 0.3) is 0 Å². The second-order valence-electron chi connectivity index (χ2n) is 6.29. The zero-order valence-corrected chi connectivity index (χ0v) is 15.3. The molecule has 0 heterocycles. The van der Waals surface area contributed by atoms with Gasteiger partial charge in [0.25, 0.3) is 0 Å².